The second-order valence-corrected chi connectivity index (χ2v) is 6.54. The quantitative estimate of drug-likeness (QED) is 0.247. The van der Waals surface area contributed by atoms with E-state index in [1.807, 2.05) is 0 Å². The van der Waals surface area contributed by atoms with E-state index < -0.39 is 32.5 Å². The van der Waals surface area contributed by atoms with Gasteiger partial charge >= 0.3 is 25.8 Å². The Hall–Kier alpha value is -0.380. The Labute approximate surface area is 135 Å². The normalized spacial score (nSPS) is 14.2. The van der Waals surface area contributed by atoms with Crippen LogP contribution in [0.1, 0.15) is 39.5 Å². The maximum atomic E-state index is 13.2. The van der Waals surface area contributed by atoms with Gasteiger partial charge in [-0.1, -0.05) is 26.7 Å². The van der Waals surface area contributed by atoms with Gasteiger partial charge in [0.15, 0.2) is 0 Å². The molecule has 0 N–H and O–H groups in total. The van der Waals surface area contributed by atoms with Gasteiger partial charge in [-0.3, -0.25) is 13.6 Å². The van der Waals surface area contributed by atoms with Gasteiger partial charge in [0.2, 0.25) is 0 Å². The fraction of sp³-hybridized carbons (Fsp3) is 1.00. The van der Waals surface area contributed by atoms with E-state index in [2.05, 4.69) is 13.6 Å². The molecule has 0 saturated carbocycles. The summed E-state index contributed by atoms with van der Waals surface area (Å²) in [4.78, 5) is 0. The van der Waals surface area contributed by atoms with Crippen LogP contribution in [0.3, 0.4) is 0 Å². The Bertz CT molecular complexity index is 401. The lowest BCUT2D eigenvalue weighted by Crippen LogP contribution is -2.54. The lowest BCUT2D eigenvalue weighted by molar-refractivity contribution is -0.358. The van der Waals surface area contributed by atoms with Crippen LogP contribution >= 0.6 is 7.82 Å². The van der Waals surface area contributed by atoms with E-state index in [1.165, 1.54) is 0 Å². The van der Waals surface area contributed by atoms with E-state index >= 15 is 0 Å². The van der Waals surface area contributed by atoms with E-state index in [0.717, 1.165) is 0 Å². The van der Waals surface area contributed by atoms with E-state index in [1.54, 1.807) is 13.8 Å². The molecule has 12 heteroatoms. The number of unbranched alkanes of at least 4 members (excludes halogenated alkanes) is 2. The standard InChI is InChI=1S/C12H20F7O4P/c1-3-5-7-21-24(20,22-8-6-4-2)23-9-10(13,14)11(15,16)12(17,18)19/h3-9H2,1-2H3. The van der Waals surface area contributed by atoms with Crippen LogP contribution in [0.25, 0.3) is 0 Å². The van der Waals surface area contributed by atoms with Crippen molar-refractivity contribution in [1.29, 1.82) is 0 Å². The van der Waals surface area contributed by atoms with Gasteiger partial charge < -0.3 is 0 Å². The molecule has 24 heavy (non-hydrogen) atoms. The molecular weight excluding hydrogens is 372 g/mol. The molecule has 0 fully saturated rings. The summed E-state index contributed by atoms with van der Waals surface area (Å²) in [5.74, 6) is -12.0. The zero-order chi connectivity index (χ0) is 19.1. The molecule has 0 saturated heterocycles. The Morgan fingerprint density at radius 3 is 1.54 bits per heavy atom. The van der Waals surface area contributed by atoms with Gasteiger partial charge in [0, 0.05) is 0 Å². The van der Waals surface area contributed by atoms with Gasteiger partial charge in [-0.2, -0.15) is 30.7 Å². The van der Waals surface area contributed by atoms with Crippen molar-refractivity contribution in [2.75, 3.05) is 19.8 Å². The summed E-state index contributed by atoms with van der Waals surface area (Å²) in [5, 5.41) is 0. The molecule has 0 aromatic carbocycles. The number of halogens is 7. The number of phosphoric ester groups is 1. The summed E-state index contributed by atoms with van der Waals surface area (Å²) in [6.07, 6.45) is -4.69. The van der Waals surface area contributed by atoms with Gasteiger partial charge in [0.25, 0.3) is 0 Å². The third-order valence-corrected chi connectivity index (χ3v) is 4.16. The van der Waals surface area contributed by atoms with Gasteiger partial charge in [-0.25, -0.2) is 4.57 Å². The van der Waals surface area contributed by atoms with Gasteiger partial charge in [-0.15, -0.1) is 0 Å². The fourth-order valence-corrected chi connectivity index (χ4v) is 2.46. The minimum Gasteiger partial charge on any atom is -0.287 e. The molecule has 0 aliphatic heterocycles. The molecule has 0 heterocycles. The number of alkyl halides is 7. The second-order valence-electron chi connectivity index (χ2n) is 4.87. The molecule has 0 aliphatic carbocycles. The summed E-state index contributed by atoms with van der Waals surface area (Å²) in [6, 6.07) is 0. The van der Waals surface area contributed by atoms with E-state index in [9.17, 15) is 35.3 Å². The summed E-state index contributed by atoms with van der Waals surface area (Å²) in [5.41, 5.74) is 0. The molecule has 0 aromatic rings. The fourth-order valence-electron chi connectivity index (χ4n) is 1.21. The van der Waals surface area contributed by atoms with Crippen LogP contribution in [0.15, 0.2) is 0 Å². The average Bonchev–Trinajstić information content (AvgIpc) is 2.45. The third kappa shape index (κ3) is 6.85. The van der Waals surface area contributed by atoms with Crippen LogP contribution in [0.2, 0.25) is 0 Å². The average molecular weight is 392 g/mol. The predicted octanol–water partition coefficient (Wildman–Crippen LogP) is 5.58. The van der Waals surface area contributed by atoms with Crippen LogP contribution in [0, 0.1) is 0 Å². The SMILES string of the molecule is CCCCOP(=O)(OCCCC)OCC(F)(F)C(F)(F)C(F)(F)F. The number of hydrogen-bond acceptors (Lipinski definition) is 4. The zero-order valence-corrected chi connectivity index (χ0v) is 14.1. The summed E-state index contributed by atoms with van der Waals surface area (Å²) in [7, 11) is -4.68. The molecular formula is C12H20F7O4P. The van der Waals surface area contributed by atoms with Crippen molar-refractivity contribution in [3.05, 3.63) is 0 Å². The lowest BCUT2D eigenvalue weighted by atomic mass is 10.2. The third-order valence-electron chi connectivity index (χ3n) is 2.71. The Balaban J connectivity index is 4.98. The van der Waals surface area contributed by atoms with Crippen molar-refractivity contribution in [1.82, 2.24) is 0 Å². The smallest absolute Gasteiger partial charge is 0.287 e. The Morgan fingerprint density at radius 2 is 1.21 bits per heavy atom. The first-order valence-corrected chi connectivity index (χ1v) is 8.65. The van der Waals surface area contributed by atoms with Crippen LogP contribution in [-0.2, 0) is 18.1 Å². The second kappa shape index (κ2) is 9.35. The molecule has 0 rings (SSSR count). The minimum atomic E-state index is -6.49. The van der Waals surface area contributed by atoms with E-state index in [-0.39, 0.29) is 13.2 Å². The number of rotatable bonds is 12. The number of phosphoric acid groups is 1. The van der Waals surface area contributed by atoms with Crippen molar-refractivity contribution in [3.8, 4) is 0 Å². The van der Waals surface area contributed by atoms with Crippen LogP contribution < -0.4 is 0 Å². The van der Waals surface area contributed by atoms with Gasteiger partial charge in [0.1, 0.15) is 6.61 Å². The summed E-state index contributed by atoms with van der Waals surface area (Å²) < 4.78 is 113. The van der Waals surface area contributed by atoms with Crippen LogP contribution in [-0.4, -0.2) is 37.8 Å². The molecule has 0 unspecified atom stereocenters. The molecule has 0 spiro atoms. The van der Waals surface area contributed by atoms with Crippen molar-refractivity contribution in [2.24, 2.45) is 0 Å². The molecule has 0 amide bonds. The molecule has 0 bridgehead atoms. The molecule has 0 aliphatic rings. The molecule has 0 atom stereocenters. The van der Waals surface area contributed by atoms with Crippen molar-refractivity contribution in [3.63, 3.8) is 0 Å². The molecule has 4 nitrogen and oxygen atoms in total. The largest absolute Gasteiger partial charge is 0.474 e. The zero-order valence-electron chi connectivity index (χ0n) is 13.2. The van der Waals surface area contributed by atoms with Crippen LogP contribution in [0.5, 0.6) is 0 Å². The van der Waals surface area contributed by atoms with Crippen molar-refractivity contribution in [2.45, 2.75) is 57.6 Å². The van der Waals surface area contributed by atoms with Gasteiger partial charge in [-0.05, 0) is 12.8 Å². The first-order valence-electron chi connectivity index (χ1n) is 7.19. The molecule has 0 aromatic heterocycles. The summed E-state index contributed by atoms with van der Waals surface area (Å²) in [6.45, 7) is 0.494. The maximum absolute atomic E-state index is 13.2. The van der Waals surface area contributed by atoms with E-state index in [0.29, 0.717) is 25.7 Å². The highest BCUT2D eigenvalue weighted by Crippen LogP contribution is 2.53. The van der Waals surface area contributed by atoms with E-state index in [4.69, 9.17) is 0 Å². The highest BCUT2D eigenvalue weighted by molar-refractivity contribution is 7.48. The van der Waals surface area contributed by atoms with Gasteiger partial charge in [0.05, 0.1) is 13.2 Å². The lowest BCUT2D eigenvalue weighted by Gasteiger charge is -2.29. The maximum Gasteiger partial charge on any atom is 0.474 e. The topological polar surface area (TPSA) is 44.8 Å². The Kier molecular flexibility index (Phi) is 9.21. The predicted molar refractivity (Wildman–Crippen MR) is 71.2 cm³/mol. The molecule has 0 radical (unpaired) electrons. The van der Waals surface area contributed by atoms with Crippen molar-refractivity contribution < 1.29 is 48.9 Å². The molecule has 146 valence electrons. The minimum absolute atomic E-state index is 0.249. The monoisotopic (exact) mass is 392 g/mol. The van der Waals surface area contributed by atoms with Crippen molar-refractivity contribution >= 4 is 7.82 Å². The highest BCUT2D eigenvalue weighted by atomic mass is 31.2. The first kappa shape index (κ1) is 23.6. The summed E-state index contributed by atoms with van der Waals surface area (Å²) >= 11 is 0. The van der Waals surface area contributed by atoms with Crippen LogP contribution in [0.4, 0.5) is 30.7 Å². The Morgan fingerprint density at radius 1 is 0.792 bits per heavy atom. The number of hydrogen-bond donors (Lipinski definition) is 0. The highest BCUT2D eigenvalue weighted by Gasteiger charge is 2.73. The first-order chi connectivity index (χ1) is 10.8.